The van der Waals surface area contributed by atoms with Gasteiger partial charge in [0.15, 0.2) is 5.82 Å². The fourth-order valence-electron chi connectivity index (χ4n) is 1.50. The smallest absolute Gasteiger partial charge is 0.170 e. The molecule has 102 valence electrons. The Labute approximate surface area is 124 Å². The molecule has 5 nitrogen and oxygen atoms in total. The Morgan fingerprint density at radius 1 is 1.37 bits per heavy atom. The molecule has 0 saturated heterocycles. The standard InChI is InChI=1S/C12H15FIN5/c1-12(2,3)15-7-11-16-17-18-19(11)10-5-4-8(13)6-9(10)14/h4-6,15H,7H2,1-3H3. The van der Waals surface area contributed by atoms with E-state index in [1.165, 1.54) is 12.1 Å². The van der Waals surface area contributed by atoms with Crippen molar-refractivity contribution < 1.29 is 4.39 Å². The highest BCUT2D eigenvalue weighted by molar-refractivity contribution is 14.1. The molecular weight excluding hydrogens is 360 g/mol. The van der Waals surface area contributed by atoms with E-state index in [2.05, 4.69) is 64.2 Å². The summed E-state index contributed by atoms with van der Waals surface area (Å²) in [6.07, 6.45) is 0. The first-order valence-corrected chi connectivity index (χ1v) is 6.92. The predicted octanol–water partition coefficient (Wildman–Crippen LogP) is 2.29. The molecule has 7 heteroatoms. The molecule has 0 aliphatic carbocycles. The largest absolute Gasteiger partial charge is 0.305 e. The topological polar surface area (TPSA) is 55.6 Å². The molecule has 19 heavy (non-hydrogen) atoms. The van der Waals surface area contributed by atoms with Crippen LogP contribution in [0.25, 0.3) is 5.69 Å². The lowest BCUT2D eigenvalue weighted by atomic mass is 10.1. The van der Waals surface area contributed by atoms with Gasteiger partial charge >= 0.3 is 0 Å². The SMILES string of the molecule is CC(C)(C)NCc1nnnn1-c1ccc(F)cc1I. The zero-order chi connectivity index (χ0) is 14.0. The predicted molar refractivity (Wildman–Crippen MR) is 78.4 cm³/mol. The molecule has 0 aliphatic rings. The van der Waals surface area contributed by atoms with Gasteiger partial charge in [-0.25, -0.2) is 4.39 Å². The summed E-state index contributed by atoms with van der Waals surface area (Å²) in [5.41, 5.74) is 0.755. The zero-order valence-corrected chi connectivity index (χ0v) is 13.1. The number of hydrogen-bond donors (Lipinski definition) is 1. The molecule has 1 aromatic carbocycles. The maximum atomic E-state index is 13.1. The van der Waals surface area contributed by atoms with Crippen LogP contribution in [0.4, 0.5) is 4.39 Å². The molecule has 0 fully saturated rings. The summed E-state index contributed by atoms with van der Waals surface area (Å²) in [4.78, 5) is 0. The molecule has 1 aromatic heterocycles. The molecular formula is C12H15FIN5. The Morgan fingerprint density at radius 2 is 2.11 bits per heavy atom. The molecule has 2 rings (SSSR count). The van der Waals surface area contributed by atoms with Gasteiger partial charge in [-0.1, -0.05) is 0 Å². The molecule has 1 heterocycles. The first kappa shape index (κ1) is 14.3. The molecule has 0 atom stereocenters. The first-order chi connectivity index (χ1) is 8.87. The van der Waals surface area contributed by atoms with Crippen molar-refractivity contribution in [1.29, 1.82) is 0 Å². The van der Waals surface area contributed by atoms with Crippen molar-refractivity contribution in [3.63, 3.8) is 0 Å². The van der Waals surface area contributed by atoms with E-state index in [1.54, 1.807) is 10.7 Å². The minimum absolute atomic E-state index is 0.0211. The van der Waals surface area contributed by atoms with Gasteiger partial charge in [-0.2, -0.15) is 4.68 Å². The van der Waals surface area contributed by atoms with E-state index in [-0.39, 0.29) is 11.4 Å². The normalized spacial score (nSPS) is 11.8. The minimum atomic E-state index is -0.268. The van der Waals surface area contributed by atoms with Crippen LogP contribution in [0.2, 0.25) is 0 Å². The van der Waals surface area contributed by atoms with E-state index in [0.717, 1.165) is 9.26 Å². The Balaban J connectivity index is 2.28. The summed E-state index contributed by atoms with van der Waals surface area (Å²) >= 11 is 2.07. The maximum Gasteiger partial charge on any atom is 0.170 e. The number of nitrogens with zero attached hydrogens (tertiary/aromatic N) is 4. The summed E-state index contributed by atoms with van der Waals surface area (Å²) in [7, 11) is 0. The fraction of sp³-hybridized carbons (Fsp3) is 0.417. The van der Waals surface area contributed by atoms with Gasteiger partial charge in [0.25, 0.3) is 0 Å². The van der Waals surface area contributed by atoms with Crippen LogP contribution in [0.5, 0.6) is 0 Å². The van der Waals surface area contributed by atoms with Crippen LogP contribution in [-0.2, 0) is 6.54 Å². The van der Waals surface area contributed by atoms with Gasteiger partial charge in [0.05, 0.1) is 12.2 Å². The van der Waals surface area contributed by atoms with Crippen LogP contribution in [0.1, 0.15) is 26.6 Å². The summed E-state index contributed by atoms with van der Waals surface area (Å²) in [5, 5.41) is 15.0. The lowest BCUT2D eigenvalue weighted by Gasteiger charge is -2.20. The van der Waals surface area contributed by atoms with Crippen molar-refractivity contribution in [2.24, 2.45) is 0 Å². The van der Waals surface area contributed by atoms with E-state index < -0.39 is 0 Å². The van der Waals surface area contributed by atoms with Crippen LogP contribution < -0.4 is 5.32 Å². The average molecular weight is 375 g/mol. The second-order valence-corrected chi connectivity index (χ2v) is 6.37. The number of benzene rings is 1. The number of tetrazole rings is 1. The Morgan fingerprint density at radius 3 is 2.74 bits per heavy atom. The van der Waals surface area contributed by atoms with Crippen molar-refractivity contribution >= 4 is 22.6 Å². The van der Waals surface area contributed by atoms with Crippen molar-refractivity contribution in [2.75, 3.05) is 0 Å². The van der Waals surface area contributed by atoms with Crippen LogP contribution in [0, 0.1) is 9.39 Å². The van der Waals surface area contributed by atoms with Gasteiger partial charge < -0.3 is 5.32 Å². The molecule has 0 bridgehead atoms. The molecule has 0 amide bonds. The highest BCUT2D eigenvalue weighted by atomic mass is 127. The number of aromatic nitrogens is 4. The van der Waals surface area contributed by atoms with Crippen LogP contribution in [0.3, 0.4) is 0 Å². The Kier molecular flexibility index (Phi) is 4.14. The summed E-state index contributed by atoms with van der Waals surface area (Å²) in [6.45, 7) is 6.76. The van der Waals surface area contributed by atoms with Crippen molar-refractivity contribution in [3.8, 4) is 5.69 Å². The van der Waals surface area contributed by atoms with Crippen molar-refractivity contribution in [1.82, 2.24) is 25.5 Å². The molecule has 0 radical (unpaired) electrons. The van der Waals surface area contributed by atoms with Crippen LogP contribution >= 0.6 is 22.6 Å². The summed E-state index contributed by atoms with van der Waals surface area (Å²) < 4.78 is 15.5. The van der Waals surface area contributed by atoms with E-state index in [0.29, 0.717) is 12.4 Å². The molecule has 0 spiro atoms. The maximum absolute atomic E-state index is 13.1. The van der Waals surface area contributed by atoms with Gasteiger partial charge in [0.2, 0.25) is 0 Å². The Hall–Kier alpha value is -1.09. The summed E-state index contributed by atoms with van der Waals surface area (Å²) in [5.74, 6) is 0.426. The monoisotopic (exact) mass is 375 g/mol. The molecule has 0 aliphatic heterocycles. The van der Waals surface area contributed by atoms with Crippen LogP contribution in [0.15, 0.2) is 18.2 Å². The lowest BCUT2D eigenvalue weighted by molar-refractivity contribution is 0.415. The number of nitrogens with one attached hydrogen (secondary N) is 1. The van der Waals surface area contributed by atoms with Crippen LogP contribution in [-0.4, -0.2) is 25.7 Å². The Bertz CT molecular complexity index is 576. The van der Waals surface area contributed by atoms with E-state index in [1.807, 2.05) is 0 Å². The summed E-state index contributed by atoms with van der Waals surface area (Å²) in [6, 6.07) is 4.53. The van der Waals surface area contributed by atoms with Crippen molar-refractivity contribution in [2.45, 2.75) is 32.9 Å². The first-order valence-electron chi connectivity index (χ1n) is 5.84. The molecule has 0 unspecified atom stereocenters. The minimum Gasteiger partial charge on any atom is -0.305 e. The fourth-order valence-corrected chi connectivity index (χ4v) is 2.21. The van der Waals surface area contributed by atoms with Gasteiger partial charge in [-0.05, 0) is 72.0 Å². The highest BCUT2D eigenvalue weighted by Gasteiger charge is 2.15. The zero-order valence-electron chi connectivity index (χ0n) is 11.0. The van der Waals surface area contributed by atoms with Gasteiger partial charge in [0.1, 0.15) is 5.82 Å². The highest BCUT2D eigenvalue weighted by Crippen LogP contribution is 2.18. The second kappa shape index (κ2) is 5.49. The molecule has 0 saturated carbocycles. The van der Waals surface area contributed by atoms with Crippen molar-refractivity contribution in [3.05, 3.63) is 33.4 Å². The quantitative estimate of drug-likeness (QED) is 0.837. The van der Waals surface area contributed by atoms with Gasteiger partial charge in [-0.15, -0.1) is 5.10 Å². The van der Waals surface area contributed by atoms with E-state index in [9.17, 15) is 4.39 Å². The number of halogens is 2. The number of hydrogen-bond acceptors (Lipinski definition) is 4. The van der Waals surface area contributed by atoms with Gasteiger partial charge in [-0.3, -0.25) is 0 Å². The van der Waals surface area contributed by atoms with E-state index in [4.69, 9.17) is 0 Å². The third-order valence-corrected chi connectivity index (χ3v) is 3.31. The second-order valence-electron chi connectivity index (χ2n) is 5.21. The molecule has 1 N–H and O–H groups in total. The lowest BCUT2D eigenvalue weighted by Crippen LogP contribution is -2.36. The number of rotatable bonds is 3. The van der Waals surface area contributed by atoms with E-state index >= 15 is 0 Å². The molecule has 2 aromatic rings. The average Bonchev–Trinajstić information content (AvgIpc) is 2.73. The third kappa shape index (κ3) is 3.69. The van der Waals surface area contributed by atoms with Gasteiger partial charge in [0, 0.05) is 9.11 Å². The third-order valence-electron chi connectivity index (χ3n) is 2.45.